The molecule has 2 aliphatic rings. The number of sulfonamides is 1. The maximum absolute atomic E-state index is 12.3. The van der Waals surface area contributed by atoms with Gasteiger partial charge in [0.1, 0.15) is 12.1 Å². The van der Waals surface area contributed by atoms with E-state index in [4.69, 9.17) is 16.3 Å². The molecule has 156 valence electrons. The molecular formula is C20H20ClN5O3S. The SMILES string of the molecule is O=S(=O)(Nc1cc(-c2ccc3ncnc(N4CCOCC4)c3c2)cnc1Cl)C1CC1. The molecule has 5 rings (SSSR count). The Balaban J connectivity index is 1.53. The van der Waals surface area contributed by atoms with E-state index >= 15 is 0 Å². The smallest absolute Gasteiger partial charge is 0.235 e. The van der Waals surface area contributed by atoms with Gasteiger partial charge in [0.05, 0.1) is 29.7 Å². The quantitative estimate of drug-likeness (QED) is 0.602. The van der Waals surface area contributed by atoms with Gasteiger partial charge in [-0.3, -0.25) is 4.72 Å². The van der Waals surface area contributed by atoms with Crippen LogP contribution in [0.15, 0.2) is 36.8 Å². The number of anilines is 2. The molecule has 1 saturated heterocycles. The van der Waals surface area contributed by atoms with Gasteiger partial charge in [-0.1, -0.05) is 17.7 Å². The number of aromatic nitrogens is 3. The molecule has 2 aromatic heterocycles. The molecule has 0 amide bonds. The van der Waals surface area contributed by atoms with Crippen LogP contribution in [0.4, 0.5) is 11.5 Å². The molecule has 1 saturated carbocycles. The molecule has 0 spiro atoms. The molecule has 2 fully saturated rings. The number of halogens is 1. The molecule has 3 aromatic rings. The number of hydrogen-bond acceptors (Lipinski definition) is 7. The van der Waals surface area contributed by atoms with E-state index in [1.807, 2.05) is 18.2 Å². The van der Waals surface area contributed by atoms with Crippen molar-refractivity contribution in [3.8, 4) is 11.1 Å². The molecule has 8 nitrogen and oxygen atoms in total. The lowest BCUT2D eigenvalue weighted by Crippen LogP contribution is -2.36. The van der Waals surface area contributed by atoms with E-state index in [1.165, 1.54) is 0 Å². The summed E-state index contributed by atoms with van der Waals surface area (Å²) in [5.74, 6) is 0.863. The van der Waals surface area contributed by atoms with Crippen molar-refractivity contribution < 1.29 is 13.2 Å². The molecule has 3 heterocycles. The van der Waals surface area contributed by atoms with Crippen LogP contribution in [0.3, 0.4) is 0 Å². The van der Waals surface area contributed by atoms with E-state index in [1.54, 1.807) is 18.6 Å². The highest BCUT2D eigenvalue weighted by Gasteiger charge is 2.36. The summed E-state index contributed by atoms with van der Waals surface area (Å²) in [7, 11) is -3.43. The zero-order valence-electron chi connectivity index (χ0n) is 16.1. The predicted octanol–water partition coefficient (Wildman–Crippen LogP) is 3.09. The molecule has 30 heavy (non-hydrogen) atoms. The highest BCUT2D eigenvalue weighted by atomic mass is 35.5. The number of nitrogens with zero attached hydrogens (tertiary/aromatic N) is 4. The van der Waals surface area contributed by atoms with Gasteiger partial charge in [-0.25, -0.2) is 23.4 Å². The van der Waals surface area contributed by atoms with Crippen LogP contribution in [0.2, 0.25) is 5.15 Å². The number of rotatable bonds is 5. The Morgan fingerprint density at radius 2 is 1.87 bits per heavy atom. The molecule has 0 atom stereocenters. The van der Waals surface area contributed by atoms with Gasteiger partial charge in [-0.05, 0) is 36.6 Å². The Hall–Kier alpha value is -2.49. The number of morpholine rings is 1. The molecule has 10 heteroatoms. The molecule has 0 radical (unpaired) electrons. The summed E-state index contributed by atoms with van der Waals surface area (Å²) in [4.78, 5) is 15.3. The maximum atomic E-state index is 12.3. The van der Waals surface area contributed by atoms with E-state index < -0.39 is 10.0 Å². The van der Waals surface area contributed by atoms with Crippen molar-refractivity contribution in [3.05, 3.63) is 41.9 Å². The first-order valence-electron chi connectivity index (χ1n) is 9.76. The average Bonchev–Trinajstić information content (AvgIpc) is 3.61. The number of pyridine rings is 1. The van der Waals surface area contributed by atoms with E-state index in [2.05, 4.69) is 24.6 Å². The average molecular weight is 446 g/mol. The Bertz CT molecular complexity index is 1210. The molecular weight excluding hydrogens is 426 g/mol. The Labute approximate surface area is 179 Å². The molecule has 0 bridgehead atoms. The van der Waals surface area contributed by atoms with Crippen LogP contribution in [0, 0.1) is 0 Å². The zero-order valence-corrected chi connectivity index (χ0v) is 17.7. The van der Waals surface area contributed by atoms with Gasteiger partial charge in [0.25, 0.3) is 0 Å². The van der Waals surface area contributed by atoms with Gasteiger partial charge >= 0.3 is 0 Å². The minimum atomic E-state index is -3.43. The Morgan fingerprint density at radius 1 is 1.07 bits per heavy atom. The topological polar surface area (TPSA) is 97.3 Å². The van der Waals surface area contributed by atoms with E-state index in [9.17, 15) is 8.42 Å². The van der Waals surface area contributed by atoms with Gasteiger partial charge < -0.3 is 9.64 Å². The zero-order chi connectivity index (χ0) is 20.7. The first kappa shape index (κ1) is 19.5. The standard InChI is InChI=1S/C20H20ClN5O3S/c21-19-18(25-30(27,28)15-2-3-15)10-14(11-22-19)13-1-4-17-16(9-13)20(24-12-23-17)26-5-7-29-8-6-26/h1,4,9-12,15,25H,2-3,5-8H2. The fraction of sp³-hybridized carbons (Fsp3) is 0.350. The van der Waals surface area contributed by atoms with Gasteiger partial charge in [0.2, 0.25) is 10.0 Å². The first-order chi connectivity index (χ1) is 14.5. The van der Waals surface area contributed by atoms with Crippen LogP contribution in [0.5, 0.6) is 0 Å². The van der Waals surface area contributed by atoms with Crippen molar-refractivity contribution in [2.24, 2.45) is 0 Å². The lowest BCUT2D eigenvalue weighted by molar-refractivity contribution is 0.122. The second-order valence-electron chi connectivity index (χ2n) is 7.44. The summed E-state index contributed by atoms with van der Waals surface area (Å²) < 4.78 is 32.7. The van der Waals surface area contributed by atoms with E-state index in [0.29, 0.717) is 31.7 Å². The number of nitrogens with one attached hydrogen (secondary N) is 1. The third kappa shape index (κ3) is 3.80. The fourth-order valence-corrected chi connectivity index (χ4v) is 5.13. The first-order valence-corrected chi connectivity index (χ1v) is 11.7. The predicted molar refractivity (Wildman–Crippen MR) is 116 cm³/mol. The third-order valence-electron chi connectivity index (χ3n) is 5.31. The lowest BCUT2D eigenvalue weighted by atomic mass is 10.0. The van der Waals surface area contributed by atoms with Crippen molar-refractivity contribution in [1.82, 2.24) is 15.0 Å². The Morgan fingerprint density at radius 3 is 2.63 bits per heavy atom. The summed E-state index contributed by atoms with van der Waals surface area (Å²) >= 11 is 6.16. The largest absolute Gasteiger partial charge is 0.378 e. The minimum absolute atomic E-state index is 0.126. The number of benzene rings is 1. The van der Waals surface area contributed by atoms with Crippen LogP contribution < -0.4 is 9.62 Å². The van der Waals surface area contributed by atoms with Crippen LogP contribution in [-0.4, -0.2) is 54.9 Å². The van der Waals surface area contributed by atoms with Crippen molar-refractivity contribution in [3.63, 3.8) is 0 Å². The molecule has 1 N–H and O–H groups in total. The van der Waals surface area contributed by atoms with Gasteiger partial charge in [0.15, 0.2) is 5.15 Å². The second kappa shape index (κ2) is 7.64. The summed E-state index contributed by atoms with van der Waals surface area (Å²) in [6.45, 7) is 2.87. The van der Waals surface area contributed by atoms with Crippen molar-refractivity contribution >= 4 is 44.0 Å². The minimum Gasteiger partial charge on any atom is -0.378 e. The van der Waals surface area contributed by atoms with Crippen molar-refractivity contribution in [2.45, 2.75) is 18.1 Å². The summed E-state index contributed by atoms with van der Waals surface area (Å²) in [5.41, 5.74) is 2.76. The fourth-order valence-electron chi connectivity index (χ4n) is 3.54. The maximum Gasteiger partial charge on any atom is 0.235 e. The number of ether oxygens (including phenoxy) is 1. The van der Waals surface area contributed by atoms with Crippen molar-refractivity contribution in [2.75, 3.05) is 35.9 Å². The normalized spacial score (nSPS) is 17.3. The van der Waals surface area contributed by atoms with Crippen LogP contribution in [0.1, 0.15) is 12.8 Å². The van der Waals surface area contributed by atoms with Gasteiger partial charge in [0, 0.05) is 30.2 Å². The number of hydrogen-bond donors (Lipinski definition) is 1. The van der Waals surface area contributed by atoms with Crippen LogP contribution in [0.25, 0.3) is 22.0 Å². The van der Waals surface area contributed by atoms with Crippen LogP contribution >= 0.6 is 11.6 Å². The van der Waals surface area contributed by atoms with Crippen LogP contribution in [-0.2, 0) is 14.8 Å². The lowest BCUT2D eigenvalue weighted by Gasteiger charge is -2.28. The summed E-state index contributed by atoms with van der Waals surface area (Å²) in [6.07, 6.45) is 4.56. The third-order valence-corrected chi connectivity index (χ3v) is 7.47. The monoisotopic (exact) mass is 445 g/mol. The van der Waals surface area contributed by atoms with E-state index in [-0.39, 0.29) is 10.4 Å². The molecule has 1 aromatic carbocycles. The molecule has 0 unspecified atom stereocenters. The summed E-state index contributed by atoms with van der Waals surface area (Å²) in [6, 6.07) is 7.58. The highest BCUT2D eigenvalue weighted by molar-refractivity contribution is 7.93. The second-order valence-corrected chi connectivity index (χ2v) is 9.76. The Kier molecular flexibility index (Phi) is 4.96. The molecule has 1 aliphatic carbocycles. The highest BCUT2D eigenvalue weighted by Crippen LogP contribution is 2.34. The summed E-state index contributed by atoms with van der Waals surface area (Å²) in [5, 5.41) is 0.708. The number of fused-ring (bicyclic) bond motifs is 1. The van der Waals surface area contributed by atoms with Gasteiger partial charge in [-0.2, -0.15) is 0 Å². The van der Waals surface area contributed by atoms with E-state index in [0.717, 1.165) is 40.9 Å². The van der Waals surface area contributed by atoms with Gasteiger partial charge in [-0.15, -0.1) is 0 Å². The molecule has 1 aliphatic heterocycles. The van der Waals surface area contributed by atoms with Crippen molar-refractivity contribution in [1.29, 1.82) is 0 Å².